The lowest BCUT2D eigenvalue weighted by Gasteiger charge is -2.26. The molecular weight excluding hydrogens is 469 g/mol. The lowest BCUT2D eigenvalue weighted by molar-refractivity contribution is -0.132. The number of hydrogen-bond acceptors (Lipinski definition) is 4. The van der Waals surface area contributed by atoms with Crippen molar-refractivity contribution in [2.45, 2.75) is 6.04 Å². The number of aliphatic hydroxyl groups excluding tert-OH is 1. The standard InChI is InChI=1S/C28H19ClFNO4/c1-35-21-8-4-7-18(14-21)25-24(26(32)19-10-9-16-5-2-3-6-17(16)13-19)27(33)28(34)31(25)20-11-12-23(30)22(29)15-20/h2-15,25,32H,1H3/b26-24-. The minimum absolute atomic E-state index is 0.0843. The molecule has 1 atom stereocenters. The number of anilines is 1. The molecule has 1 amide bonds. The average molecular weight is 488 g/mol. The van der Waals surface area contributed by atoms with Crippen molar-refractivity contribution in [3.63, 3.8) is 0 Å². The molecule has 1 saturated heterocycles. The number of ketones is 1. The first kappa shape index (κ1) is 22.6. The molecule has 5 nitrogen and oxygen atoms in total. The molecule has 0 radical (unpaired) electrons. The van der Waals surface area contributed by atoms with Gasteiger partial charge in [-0.3, -0.25) is 14.5 Å². The van der Waals surface area contributed by atoms with Gasteiger partial charge in [-0.1, -0.05) is 60.1 Å². The Kier molecular flexibility index (Phi) is 5.75. The summed E-state index contributed by atoms with van der Waals surface area (Å²) >= 11 is 5.99. The molecule has 1 aliphatic rings. The first-order valence-corrected chi connectivity index (χ1v) is 11.2. The van der Waals surface area contributed by atoms with Crippen LogP contribution in [0.2, 0.25) is 5.02 Å². The number of fused-ring (bicyclic) bond motifs is 1. The molecule has 7 heteroatoms. The predicted molar refractivity (Wildman–Crippen MR) is 133 cm³/mol. The number of methoxy groups -OCH3 is 1. The molecule has 5 rings (SSSR count). The van der Waals surface area contributed by atoms with Gasteiger partial charge >= 0.3 is 0 Å². The topological polar surface area (TPSA) is 66.8 Å². The lowest BCUT2D eigenvalue weighted by Crippen LogP contribution is -2.29. The number of carbonyl (C=O) groups excluding carboxylic acids is 2. The van der Waals surface area contributed by atoms with Crippen LogP contribution in [0.4, 0.5) is 10.1 Å². The Hall–Kier alpha value is -4.16. The first-order chi connectivity index (χ1) is 16.9. The maximum Gasteiger partial charge on any atom is 0.300 e. The Morgan fingerprint density at radius 1 is 0.943 bits per heavy atom. The van der Waals surface area contributed by atoms with Crippen LogP contribution >= 0.6 is 11.6 Å². The third-order valence-electron chi connectivity index (χ3n) is 6.06. The fraction of sp³-hybridized carbons (Fsp3) is 0.0714. The number of nitrogens with zero attached hydrogens (tertiary/aromatic N) is 1. The predicted octanol–water partition coefficient (Wildman–Crippen LogP) is 6.27. The third-order valence-corrected chi connectivity index (χ3v) is 6.35. The van der Waals surface area contributed by atoms with E-state index in [1.807, 2.05) is 30.3 Å². The number of aliphatic hydroxyl groups is 1. The highest BCUT2D eigenvalue weighted by Crippen LogP contribution is 2.43. The van der Waals surface area contributed by atoms with Crippen molar-refractivity contribution in [1.82, 2.24) is 0 Å². The molecule has 4 aromatic rings. The lowest BCUT2D eigenvalue weighted by atomic mass is 9.94. The molecule has 1 aliphatic heterocycles. The van der Waals surface area contributed by atoms with Crippen LogP contribution in [0.15, 0.2) is 90.5 Å². The van der Waals surface area contributed by atoms with E-state index in [1.54, 1.807) is 36.4 Å². The van der Waals surface area contributed by atoms with Gasteiger partial charge in [0.25, 0.3) is 11.7 Å². The minimum atomic E-state index is -0.988. The number of hydrogen-bond donors (Lipinski definition) is 1. The molecule has 1 N–H and O–H groups in total. The van der Waals surface area contributed by atoms with Crippen molar-refractivity contribution in [2.24, 2.45) is 0 Å². The number of ether oxygens (including phenoxy) is 1. The molecule has 1 fully saturated rings. The largest absolute Gasteiger partial charge is 0.507 e. The van der Waals surface area contributed by atoms with Gasteiger partial charge in [-0.2, -0.15) is 0 Å². The van der Waals surface area contributed by atoms with E-state index in [1.165, 1.54) is 24.1 Å². The van der Waals surface area contributed by atoms with E-state index in [0.29, 0.717) is 16.9 Å². The fourth-order valence-corrected chi connectivity index (χ4v) is 4.53. The number of rotatable bonds is 4. The second-order valence-electron chi connectivity index (χ2n) is 8.11. The highest BCUT2D eigenvalue weighted by molar-refractivity contribution is 6.51. The Bertz CT molecular complexity index is 1530. The molecule has 0 spiro atoms. The smallest absolute Gasteiger partial charge is 0.300 e. The minimum Gasteiger partial charge on any atom is -0.507 e. The van der Waals surface area contributed by atoms with Crippen molar-refractivity contribution in [3.05, 3.63) is 112 Å². The zero-order chi connectivity index (χ0) is 24.7. The van der Waals surface area contributed by atoms with Gasteiger partial charge in [0, 0.05) is 11.3 Å². The molecule has 0 aromatic heterocycles. The Labute approximate surface area is 205 Å². The van der Waals surface area contributed by atoms with Crippen molar-refractivity contribution in [1.29, 1.82) is 0 Å². The normalized spacial score (nSPS) is 17.2. The van der Waals surface area contributed by atoms with Gasteiger partial charge in [0.15, 0.2) is 0 Å². The van der Waals surface area contributed by atoms with Crippen LogP contribution in [0.3, 0.4) is 0 Å². The van der Waals surface area contributed by atoms with Crippen LogP contribution < -0.4 is 9.64 Å². The van der Waals surface area contributed by atoms with E-state index in [4.69, 9.17) is 16.3 Å². The Morgan fingerprint density at radius 3 is 2.46 bits per heavy atom. The van der Waals surface area contributed by atoms with Gasteiger partial charge in [-0.05, 0) is 52.7 Å². The van der Waals surface area contributed by atoms with Crippen LogP contribution in [-0.2, 0) is 9.59 Å². The quantitative estimate of drug-likeness (QED) is 0.209. The molecule has 35 heavy (non-hydrogen) atoms. The van der Waals surface area contributed by atoms with Gasteiger partial charge in [0.05, 0.1) is 23.7 Å². The van der Waals surface area contributed by atoms with E-state index >= 15 is 0 Å². The molecule has 1 unspecified atom stereocenters. The van der Waals surface area contributed by atoms with E-state index in [9.17, 15) is 19.1 Å². The Morgan fingerprint density at radius 2 is 1.71 bits per heavy atom. The summed E-state index contributed by atoms with van der Waals surface area (Å²) in [5, 5.41) is 13.0. The number of carbonyl (C=O) groups is 2. The summed E-state index contributed by atoms with van der Waals surface area (Å²) < 4.78 is 19.2. The van der Waals surface area contributed by atoms with Gasteiger partial charge in [0.2, 0.25) is 0 Å². The van der Waals surface area contributed by atoms with Crippen LogP contribution in [-0.4, -0.2) is 23.9 Å². The molecule has 4 aromatic carbocycles. The summed E-state index contributed by atoms with van der Waals surface area (Å²) in [5.41, 5.74) is 1.07. The summed E-state index contributed by atoms with van der Waals surface area (Å²) in [6.07, 6.45) is 0. The summed E-state index contributed by atoms with van der Waals surface area (Å²) in [6, 6.07) is 22.6. The number of Topliss-reactive ketones (excluding diaryl/α,β-unsaturated/α-hetero) is 1. The van der Waals surface area contributed by atoms with Crippen molar-refractivity contribution < 1.29 is 23.8 Å². The second-order valence-corrected chi connectivity index (χ2v) is 8.51. The van der Waals surface area contributed by atoms with Gasteiger partial charge in [0.1, 0.15) is 17.3 Å². The van der Waals surface area contributed by atoms with Crippen LogP contribution in [0.1, 0.15) is 17.2 Å². The molecular formula is C28H19ClFNO4. The third kappa shape index (κ3) is 3.92. The van der Waals surface area contributed by atoms with Crippen LogP contribution in [0.25, 0.3) is 16.5 Å². The molecule has 0 aliphatic carbocycles. The van der Waals surface area contributed by atoms with Crippen LogP contribution in [0.5, 0.6) is 5.75 Å². The maximum atomic E-state index is 13.9. The van der Waals surface area contributed by atoms with Crippen molar-refractivity contribution in [3.8, 4) is 5.75 Å². The Balaban J connectivity index is 1.74. The summed E-state index contributed by atoms with van der Waals surface area (Å²) in [5.74, 6) is -2.17. The monoisotopic (exact) mass is 487 g/mol. The summed E-state index contributed by atoms with van der Waals surface area (Å²) in [7, 11) is 1.50. The number of amides is 1. The van der Waals surface area contributed by atoms with E-state index < -0.39 is 23.5 Å². The van der Waals surface area contributed by atoms with E-state index in [2.05, 4.69) is 0 Å². The molecule has 174 valence electrons. The van der Waals surface area contributed by atoms with Crippen LogP contribution in [0, 0.1) is 5.82 Å². The number of halogens is 2. The average Bonchev–Trinajstić information content (AvgIpc) is 3.15. The summed E-state index contributed by atoms with van der Waals surface area (Å²) in [4.78, 5) is 27.8. The fourth-order valence-electron chi connectivity index (χ4n) is 4.35. The first-order valence-electron chi connectivity index (χ1n) is 10.8. The zero-order valence-electron chi connectivity index (χ0n) is 18.5. The molecule has 1 heterocycles. The summed E-state index contributed by atoms with van der Waals surface area (Å²) in [6.45, 7) is 0. The van der Waals surface area contributed by atoms with Gasteiger partial charge < -0.3 is 9.84 Å². The zero-order valence-corrected chi connectivity index (χ0v) is 19.3. The van der Waals surface area contributed by atoms with Crippen molar-refractivity contribution in [2.75, 3.05) is 12.0 Å². The van der Waals surface area contributed by atoms with Gasteiger partial charge in [-0.25, -0.2) is 4.39 Å². The maximum absolute atomic E-state index is 13.9. The molecule has 0 bridgehead atoms. The highest BCUT2D eigenvalue weighted by Gasteiger charge is 2.47. The molecule has 0 saturated carbocycles. The van der Waals surface area contributed by atoms with Crippen molar-refractivity contribution >= 4 is 45.5 Å². The second kappa shape index (κ2) is 8.89. The van der Waals surface area contributed by atoms with E-state index in [0.717, 1.165) is 16.8 Å². The van der Waals surface area contributed by atoms with E-state index in [-0.39, 0.29) is 22.0 Å². The highest BCUT2D eigenvalue weighted by atomic mass is 35.5. The SMILES string of the molecule is COc1cccc(C2/C(=C(/O)c3ccc4ccccc4c3)C(=O)C(=O)N2c2ccc(F)c(Cl)c2)c1. The van der Waals surface area contributed by atoms with Gasteiger partial charge in [-0.15, -0.1) is 0 Å². The number of benzene rings is 4.